The van der Waals surface area contributed by atoms with Gasteiger partial charge in [0.15, 0.2) is 0 Å². The molecule has 3 N–H and O–H groups in total. The highest BCUT2D eigenvalue weighted by molar-refractivity contribution is 5.92. The van der Waals surface area contributed by atoms with Gasteiger partial charge in [0, 0.05) is 25.8 Å². The summed E-state index contributed by atoms with van der Waals surface area (Å²) in [6.45, 7) is 6.43. The van der Waals surface area contributed by atoms with Crippen molar-refractivity contribution in [3.63, 3.8) is 0 Å². The average molecular weight is 236 g/mol. The summed E-state index contributed by atoms with van der Waals surface area (Å²) in [5.41, 5.74) is 6.30. The van der Waals surface area contributed by atoms with Gasteiger partial charge in [-0.25, -0.2) is 4.98 Å². The molecular weight excluding hydrogens is 216 g/mol. The zero-order chi connectivity index (χ0) is 12.5. The Hall–Kier alpha value is -1.36. The Balaban J connectivity index is 1.82. The Labute approximate surface area is 101 Å². The fraction of sp³-hybridized carbons (Fsp3) is 0.667. The highest BCUT2D eigenvalue weighted by Crippen LogP contribution is 2.50. The van der Waals surface area contributed by atoms with Crippen LogP contribution in [-0.2, 0) is 6.54 Å². The Morgan fingerprint density at radius 1 is 1.71 bits per heavy atom. The van der Waals surface area contributed by atoms with E-state index < -0.39 is 0 Å². The largest absolute Gasteiger partial charge is 0.350 e. The molecule has 0 aromatic carbocycles. The minimum absolute atomic E-state index is 0.0940. The molecule has 0 bridgehead atoms. The van der Waals surface area contributed by atoms with E-state index in [1.165, 1.54) is 6.42 Å². The molecule has 1 aromatic heterocycles. The predicted octanol–water partition coefficient (Wildman–Crippen LogP) is 0.618. The van der Waals surface area contributed by atoms with Gasteiger partial charge in [0.25, 0.3) is 5.91 Å². The quantitative estimate of drug-likeness (QED) is 0.787. The molecule has 1 amide bonds. The molecule has 1 aromatic rings. The number of amides is 1. The number of nitrogens with two attached hydrogens (primary N) is 1. The Bertz CT molecular complexity index is 410. The van der Waals surface area contributed by atoms with E-state index in [1.807, 2.05) is 4.57 Å². The molecule has 0 aliphatic heterocycles. The molecule has 1 atom stereocenters. The lowest BCUT2D eigenvalue weighted by atomic mass is 10.1. The molecule has 0 saturated heterocycles. The lowest BCUT2D eigenvalue weighted by Crippen LogP contribution is -2.26. The second-order valence-electron chi connectivity index (χ2n) is 5.39. The third-order valence-electron chi connectivity index (χ3n) is 3.48. The van der Waals surface area contributed by atoms with E-state index in [0.717, 1.165) is 6.54 Å². The molecule has 0 radical (unpaired) electrons. The molecule has 1 aliphatic rings. The minimum atomic E-state index is -0.0940. The summed E-state index contributed by atoms with van der Waals surface area (Å²) >= 11 is 0. The van der Waals surface area contributed by atoms with Crippen molar-refractivity contribution in [3.8, 4) is 0 Å². The van der Waals surface area contributed by atoms with Crippen LogP contribution >= 0.6 is 0 Å². The van der Waals surface area contributed by atoms with E-state index in [-0.39, 0.29) is 5.91 Å². The smallest absolute Gasteiger partial charge is 0.271 e. The van der Waals surface area contributed by atoms with Gasteiger partial charge in [-0.2, -0.15) is 0 Å². The van der Waals surface area contributed by atoms with Gasteiger partial charge in [-0.1, -0.05) is 13.8 Å². The third-order valence-corrected chi connectivity index (χ3v) is 3.48. The zero-order valence-electron chi connectivity index (χ0n) is 10.4. The van der Waals surface area contributed by atoms with E-state index in [4.69, 9.17) is 5.73 Å². The molecule has 1 unspecified atom stereocenters. The summed E-state index contributed by atoms with van der Waals surface area (Å²) in [5, 5.41) is 2.93. The van der Waals surface area contributed by atoms with Gasteiger partial charge in [0.05, 0.1) is 6.33 Å². The summed E-state index contributed by atoms with van der Waals surface area (Å²) in [6, 6.07) is 0. The standard InChI is InChI=1S/C12H20N4O/c1-12(2)5-9(12)6-14-11(17)10-7-16(4-3-13)8-15-10/h7-9H,3-6,13H2,1-2H3,(H,14,17). The maximum Gasteiger partial charge on any atom is 0.271 e. The molecule has 5 heteroatoms. The van der Waals surface area contributed by atoms with E-state index in [9.17, 15) is 4.79 Å². The fourth-order valence-corrected chi connectivity index (χ4v) is 1.98. The van der Waals surface area contributed by atoms with Gasteiger partial charge in [0.2, 0.25) is 0 Å². The predicted molar refractivity (Wildman–Crippen MR) is 65.5 cm³/mol. The first kappa shape index (κ1) is 12.1. The molecule has 1 fully saturated rings. The number of aromatic nitrogens is 2. The van der Waals surface area contributed by atoms with Gasteiger partial charge in [-0.05, 0) is 17.8 Å². The molecule has 2 rings (SSSR count). The van der Waals surface area contributed by atoms with Gasteiger partial charge in [-0.3, -0.25) is 4.79 Å². The fourth-order valence-electron chi connectivity index (χ4n) is 1.98. The summed E-state index contributed by atoms with van der Waals surface area (Å²) < 4.78 is 1.83. The number of nitrogens with zero attached hydrogens (tertiary/aromatic N) is 2. The van der Waals surface area contributed by atoms with Gasteiger partial charge >= 0.3 is 0 Å². The molecule has 94 valence electrons. The van der Waals surface area contributed by atoms with Crippen molar-refractivity contribution in [2.24, 2.45) is 17.1 Å². The summed E-state index contributed by atoms with van der Waals surface area (Å²) in [7, 11) is 0. The third kappa shape index (κ3) is 2.85. The molecule has 0 spiro atoms. The van der Waals surface area contributed by atoms with Crippen LogP contribution in [0.25, 0.3) is 0 Å². The highest BCUT2D eigenvalue weighted by atomic mass is 16.1. The van der Waals surface area contributed by atoms with Crippen molar-refractivity contribution >= 4 is 5.91 Å². The van der Waals surface area contributed by atoms with Crippen LogP contribution in [0.4, 0.5) is 0 Å². The molecule has 5 nitrogen and oxygen atoms in total. The summed E-state index contributed by atoms with van der Waals surface area (Å²) in [4.78, 5) is 15.9. The van der Waals surface area contributed by atoms with Crippen molar-refractivity contribution in [2.45, 2.75) is 26.8 Å². The van der Waals surface area contributed by atoms with Crippen LogP contribution in [0.2, 0.25) is 0 Å². The molecule has 1 saturated carbocycles. The van der Waals surface area contributed by atoms with Gasteiger partial charge < -0.3 is 15.6 Å². The maximum absolute atomic E-state index is 11.8. The van der Waals surface area contributed by atoms with E-state index in [0.29, 0.717) is 30.1 Å². The van der Waals surface area contributed by atoms with Crippen molar-refractivity contribution in [3.05, 3.63) is 18.2 Å². The number of carbonyl (C=O) groups is 1. The monoisotopic (exact) mass is 236 g/mol. The van der Waals surface area contributed by atoms with Crippen LogP contribution in [0.5, 0.6) is 0 Å². The molecule has 17 heavy (non-hydrogen) atoms. The number of rotatable bonds is 5. The Kier molecular flexibility index (Phi) is 3.19. The lowest BCUT2D eigenvalue weighted by Gasteiger charge is -2.04. The van der Waals surface area contributed by atoms with Crippen LogP contribution in [0.3, 0.4) is 0 Å². The topological polar surface area (TPSA) is 72.9 Å². The van der Waals surface area contributed by atoms with Gasteiger partial charge in [-0.15, -0.1) is 0 Å². The van der Waals surface area contributed by atoms with Crippen LogP contribution in [0.1, 0.15) is 30.8 Å². The number of nitrogens with one attached hydrogen (secondary N) is 1. The average Bonchev–Trinajstić information content (AvgIpc) is 2.70. The normalized spacial score (nSPS) is 21.2. The number of hydrogen-bond acceptors (Lipinski definition) is 3. The van der Waals surface area contributed by atoms with Crippen molar-refractivity contribution in [2.75, 3.05) is 13.1 Å². The Morgan fingerprint density at radius 3 is 3.00 bits per heavy atom. The van der Waals surface area contributed by atoms with Crippen LogP contribution in [0, 0.1) is 11.3 Å². The number of hydrogen-bond donors (Lipinski definition) is 2. The summed E-state index contributed by atoms with van der Waals surface area (Å²) in [6.07, 6.45) is 4.57. The second kappa shape index (κ2) is 4.49. The SMILES string of the molecule is CC1(C)CC1CNC(=O)c1cn(CCN)cn1. The first-order valence-corrected chi connectivity index (χ1v) is 6.03. The van der Waals surface area contributed by atoms with Crippen LogP contribution in [-0.4, -0.2) is 28.5 Å². The van der Waals surface area contributed by atoms with Crippen molar-refractivity contribution < 1.29 is 4.79 Å². The first-order valence-electron chi connectivity index (χ1n) is 6.03. The highest BCUT2D eigenvalue weighted by Gasteiger charge is 2.45. The first-order chi connectivity index (χ1) is 8.03. The van der Waals surface area contributed by atoms with E-state index in [2.05, 4.69) is 24.1 Å². The number of imidazole rings is 1. The van der Waals surface area contributed by atoms with Gasteiger partial charge in [0.1, 0.15) is 5.69 Å². The molecular formula is C12H20N4O. The number of carbonyl (C=O) groups excluding carboxylic acids is 1. The van der Waals surface area contributed by atoms with Crippen LogP contribution in [0.15, 0.2) is 12.5 Å². The maximum atomic E-state index is 11.8. The van der Waals surface area contributed by atoms with E-state index in [1.54, 1.807) is 12.5 Å². The van der Waals surface area contributed by atoms with Crippen LogP contribution < -0.4 is 11.1 Å². The lowest BCUT2D eigenvalue weighted by molar-refractivity contribution is 0.0946. The van der Waals surface area contributed by atoms with Crippen molar-refractivity contribution in [1.82, 2.24) is 14.9 Å². The zero-order valence-corrected chi connectivity index (χ0v) is 10.4. The second-order valence-corrected chi connectivity index (χ2v) is 5.39. The molecule has 1 heterocycles. The van der Waals surface area contributed by atoms with E-state index >= 15 is 0 Å². The molecule has 1 aliphatic carbocycles. The minimum Gasteiger partial charge on any atom is -0.350 e. The Morgan fingerprint density at radius 2 is 2.41 bits per heavy atom. The van der Waals surface area contributed by atoms with Crippen molar-refractivity contribution in [1.29, 1.82) is 0 Å². The summed E-state index contributed by atoms with van der Waals surface area (Å²) in [5.74, 6) is 0.515.